The zero-order chi connectivity index (χ0) is 19.1. The summed E-state index contributed by atoms with van der Waals surface area (Å²) >= 11 is 0. The van der Waals surface area contributed by atoms with Crippen molar-refractivity contribution in [2.24, 2.45) is 0 Å². The van der Waals surface area contributed by atoms with Crippen LogP contribution in [-0.2, 0) is 11.4 Å². The first-order valence-electron chi connectivity index (χ1n) is 8.15. The van der Waals surface area contributed by atoms with E-state index in [0.717, 1.165) is 0 Å². The summed E-state index contributed by atoms with van der Waals surface area (Å²) in [5.74, 6) is 0.978. The fourth-order valence-electron chi connectivity index (χ4n) is 2.22. The molecule has 1 amide bonds. The van der Waals surface area contributed by atoms with Crippen molar-refractivity contribution in [3.8, 4) is 22.9 Å². The van der Waals surface area contributed by atoms with Crippen LogP contribution in [0, 0.1) is 0 Å². The first-order valence-corrected chi connectivity index (χ1v) is 8.15. The molecule has 0 saturated heterocycles. The van der Waals surface area contributed by atoms with Gasteiger partial charge in [-0.2, -0.15) is 0 Å². The molecule has 9 heteroatoms. The molecule has 0 fully saturated rings. The molecule has 0 aromatic carbocycles. The highest BCUT2D eigenvalue weighted by atomic mass is 16.7. The number of amides is 1. The van der Waals surface area contributed by atoms with E-state index in [2.05, 4.69) is 20.4 Å². The Labute approximate surface area is 155 Å². The number of methoxy groups -OCH3 is 1. The molecule has 3 heterocycles. The molecule has 0 aliphatic rings. The second-order valence-electron chi connectivity index (χ2n) is 5.24. The molecule has 27 heavy (non-hydrogen) atoms. The highest BCUT2D eigenvalue weighted by Gasteiger charge is 2.12. The molecule has 3 rings (SSSR count). The molecule has 0 atom stereocenters. The van der Waals surface area contributed by atoms with E-state index >= 15 is 0 Å². The number of carbonyl (C=O) groups excluding carboxylic acids is 1. The molecule has 0 unspecified atom stereocenters. The first-order chi connectivity index (χ1) is 13.2. The Morgan fingerprint density at radius 2 is 2.11 bits per heavy atom. The van der Waals surface area contributed by atoms with Crippen LogP contribution in [0.4, 0.5) is 0 Å². The van der Waals surface area contributed by atoms with Crippen LogP contribution in [0.25, 0.3) is 11.3 Å². The van der Waals surface area contributed by atoms with E-state index in [1.165, 1.54) is 19.6 Å². The summed E-state index contributed by atoms with van der Waals surface area (Å²) in [7, 11) is 1.52. The molecular weight excluding hydrogens is 352 g/mol. The van der Waals surface area contributed by atoms with Crippen molar-refractivity contribution >= 4 is 5.91 Å². The number of hydroxylamine groups is 1. The Balaban J connectivity index is 1.63. The number of furan rings is 1. The van der Waals surface area contributed by atoms with Crippen LogP contribution in [-0.4, -0.2) is 34.6 Å². The van der Waals surface area contributed by atoms with Gasteiger partial charge in [-0.1, -0.05) is 0 Å². The summed E-state index contributed by atoms with van der Waals surface area (Å²) in [6, 6.07) is 5.18. The van der Waals surface area contributed by atoms with E-state index in [1.54, 1.807) is 30.6 Å². The molecule has 0 bridgehead atoms. The number of aromatic nitrogens is 3. The van der Waals surface area contributed by atoms with Gasteiger partial charge in [0.1, 0.15) is 12.3 Å². The standard InChI is InChI=1S/C18H18N4O5/c1-3-25-17-5-4-12(8-20-17)13-9-19-10-14(21-13)18(23)22-27-11-16-15(24-2)6-7-26-16/h4-10H,3,11H2,1-2H3,(H,22,23). The van der Waals surface area contributed by atoms with Gasteiger partial charge in [0.25, 0.3) is 5.91 Å². The number of hydrogen-bond donors (Lipinski definition) is 1. The molecular formula is C18H18N4O5. The lowest BCUT2D eigenvalue weighted by atomic mass is 10.2. The first kappa shape index (κ1) is 18.3. The summed E-state index contributed by atoms with van der Waals surface area (Å²) in [5.41, 5.74) is 3.62. The molecule has 9 nitrogen and oxygen atoms in total. The minimum atomic E-state index is -0.534. The molecule has 0 aliphatic heterocycles. The summed E-state index contributed by atoms with van der Waals surface area (Å²) in [6.07, 6.45) is 5.97. The van der Waals surface area contributed by atoms with E-state index in [-0.39, 0.29) is 12.3 Å². The fraction of sp³-hybridized carbons (Fsp3) is 0.222. The van der Waals surface area contributed by atoms with Crippen LogP contribution >= 0.6 is 0 Å². The molecule has 3 aromatic rings. The zero-order valence-electron chi connectivity index (χ0n) is 14.8. The van der Waals surface area contributed by atoms with Gasteiger partial charge in [0.2, 0.25) is 5.88 Å². The predicted molar refractivity (Wildman–Crippen MR) is 93.9 cm³/mol. The van der Waals surface area contributed by atoms with Crippen molar-refractivity contribution in [1.29, 1.82) is 0 Å². The van der Waals surface area contributed by atoms with E-state index < -0.39 is 5.91 Å². The van der Waals surface area contributed by atoms with Gasteiger partial charge in [-0.15, -0.1) is 0 Å². The molecule has 0 spiro atoms. The second kappa shape index (κ2) is 8.77. The molecule has 0 radical (unpaired) electrons. The van der Waals surface area contributed by atoms with Crippen molar-refractivity contribution < 1.29 is 23.5 Å². The smallest absolute Gasteiger partial charge is 0.295 e. The molecule has 1 N–H and O–H groups in total. The average molecular weight is 370 g/mol. The van der Waals surface area contributed by atoms with Crippen LogP contribution in [0.1, 0.15) is 23.2 Å². The van der Waals surface area contributed by atoms with Gasteiger partial charge in [-0.3, -0.25) is 14.6 Å². The third kappa shape index (κ3) is 4.59. The predicted octanol–water partition coefficient (Wildman–Crippen LogP) is 2.40. The Kier molecular flexibility index (Phi) is 5.95. The highest BCUT2D eigenvalue weighted by molar-refractivity contribution is 5.91. The van der Waals surface area contributed by atoms with Gasteiger partial charge in [-0.25, -0.2) is 15.4 Å². The Bertz CT molecular complexity index is 895. The largest absolute Gasteiger partial charge is 0.493 e. The SMILES string of the molecule is CCOc1ccc(-c2cncc(C(=O)NOCc3occc3OC)n2)cn1. The normalized spacial score (nSPS) is 10.4. The molecule has 0 saturated carbocycles. The quantitative estimate of drug-likeness (QED) is 0.602. The van der Waals surface area contributed by atoms with Gasteiger partial charge >= 0.3 is 0 Å². The van der Waals surface area contributed by atoms with Crippen LogP contribution in [0.5, 0.6) is 11.6 Å². The second-order valence-corrected chi connectivity index (χ2v) is 5.24. The minimum Gasteiger partial charge on any atom is -0.493 e. The van der Waals surface area contributed by atoms with Crippen molar-refractivity contribution in [1.82, 2.24) is 20.4 Å². The summed E-state index contributed by atoms with van der Waals surface area (Å²) < 4.78 is 15.6. The van der Waals surface area contributed by atoms with Gasteiger partial charge in [-0.05, 0) is 13.0 Å². The van der Waals surface area contributed by atoms with Gasteiger partial charge < -0.3 is 13.9 Å². The lowest BCUT2D eigenvalue weighted by Crippen LogP contribution is -2.24. The van der Waals surface area contributed by atoms with Gasteiger partial charge in [0.15, 0.2) is 11.5 Å². The Hall–Kier alpha value is -3.46. The summed E-state index contributed by atoms with van der Waals surface area (Å²) in [5, 5.41) is 0. The number of rotatable bonds is 8. The third-order valence-electron chi connectivity index (χ3n) is 3.48. The number of hydrogen-bond acceptors (Lipinski definition) is 8. The lowest BCUT2D eigenvalue weighted by Gasteiger charge is -2.07. The Morgan fingerprint density at radius 1 is 1.22 bits per heavy atom. The third-order valence-corrected chi connectivity index (χ3v) is 3.48. The number of carbonyl (C=O) groups is 1. The van der Waals surface area contributed by atoms with E-state index in [4.69, 9.17) is 18.7 Å². The van der Waals surface area contributed by atoms with Gasteiger partial charge in [0, 0.05) is 23.9 Å². The van der Waals surface area contributed by atoms with Crippen molar-refractivity contribution in [2.45, 2.75) is 13.5 Å². The monoisotopic (exact) mass is 370 g/mol. The van der Waals surface area contributed by atoms with Crippen molar-refractivity contribution in [3.05, 3.63) is 54.5 Å². The maximum atomic E-state index is 12.2. The van der Waals surface area contributed by atoms with E-state index in [0.29, 0.717) is 35.3 Å². The van der Waals surface area contributed by atoms with Crippen molar-refractivity contribution in [3.63, 3.8) is 0 Å². The molecule has 140 valence electrons. The maximum Gasteiger partial charge on any atom is 0.295 e. The summed E-state index contributed by atoms with van der Waals surface area (Å²) in [6.45, 7) is 2.43. The fourth-order valence-corrected chi connectivity index (χ4v) is 2.22. The average Bonchev–Trinajstić information content (AvgIpc) is 3.16. The topological polar surface area (TPSA) is 109 Å². The van der Waals surface area contributed by atoms with Gasteiger partial charge in [0.05, 0.1) is 38.1 Å². The lowest BCUT2D eigenvalue weighted by molar-refractivity contribution is 0.0160. The number of pyridine rings is 1. The van der Waals surface area contributed by atoms with Crippen LogP contribution in [0.15, 0.2) is 47.5 Å². The number of nitrogens with zero attached hydrogens (tertiary/aromatic N) is 3. The zero-order valence-corrected chi connectivity index (χ0v) is 14.8. The number of nitrogens with one attached hydrogen (secondary N) is 1. The minimum absolute atomic E-state index is 0.0117. The number of ether oxygens (including phenoxy) is 2. The van der Waals surface area contributed by atoms with Crippen LogP contribution < -0.4 is 15.0 Å². The molecule has 0 aliphatic carbocycles. The van der Waals surface area contributed by atoms with E-state index in [1.807, 2.05) is 6.92 Å². The summed E-state index contributed by atoms with van der Waals surface area (Å²) in [4.78, 5) is 29.9. The Morgan fingerprint density at radius 3 is 2.85 bits per heavy atom. The van der Waals surface area contributed by atoms with Crippen LogP contribution in [0.2, 0.25) is 0 Å². The molecule has 3 aromatic heterocycles. The van der Waals surface area contributed by atoms with E-state index in [9.17, 15) is 4.79 Å². The van der Waals surface area contributed by atoms with Crippen LogP contribution in [0.3, 0.4) is 0 Å². The van der Waals surface area contributed by atoms with Crippen molar-refractivity contribution in [2.75, 3.05) is 13.7 Å². The maximum absolute atomic E-state index is 12.2. The highest BCUT2D eigenvalue weighted by Crippen LogP contribution is 2.20.